The highest BCUT2D eigenvalue weighted by atomic mass is 35.5. The molecule has 5 heterocycles. The molecule has 5 aromatic rings. The summed E-state index contributed by atoms with van der Waals surface area (Å²) in [7, 11) is 0. The van der Waals surface area contributed by atoms with Crippen molar-refractivity contribution >= 4 is 28.8 Å². The van der Waals surface area contributed by atoms with Crippen molar-refractivity contribution in [1.82, 2.24) is 24.5 Å². The zero-order chi connectivity index (χ0) is 29.4. The molecular weight excluding hydrogens is 560 g/mol. The van der Waals surface area contributed by atoms with Crippen LogP contribution in [0.4, 0.5) is 5.69 Å². The second-order valence-electron chi connectivity index (χ2n) is 11.5. The lowest BCUT2D eigenvalue weighted by molar-refractivity contribution is 0.0118. The molecule has 2 aliphatic heterocycles. The van der Waals surface area contributed by atoms with E-state index in [2.05, 4.69) is 16.0 Å². The molecule has 218 valence electrons. The first-order chi connectivity index (χ1) is 21.0. The molecule has 0 spiro atoms. The Bertz CT molecular complexity index is 1730. The average Bonchev–Trinajstić information content (AvgIpc) is 3.70. The number of carbonyl (C=O) groups is 1. The van der Waals surface area contributed by atoms with E-state index >= 15 is 0 Å². The Morgan fingerprint density at radius 3 is 2.44 bits per heavy atom. The lowest BCUT2D eigenvalue weighted by Crippen LogP contribution is -2.42. The lowest BCUT2D eigenvalue weighted by atomic mass is 9.84. The second kappa shape index (κ2) is 11.4. The summed E-state index contributed by atoms with van der Waals surface area (Å²) in [4.78, 5) is 26.7. The number of amides is 1. The highest BCUT2D eigenvalue weighted by molar-refractivity contribution is 6.30. The van der Waals surface area contributed by atoms with Crippen molar-refractivity contribution in [2.45, 2.75) is 43.7 Å². The average molecular weight is 593 g/mol. The van der Waals surface area contributed by atoms with E-state index in [0.29, 0.717) is 42.9 Å². The molecule has 1 atom stereocenters. The molecule has 2 saturated heterocycles. The van der Waals surface area contributed by atoms with Crippen LogP contribution in [0, 0.1) is 0 Å². The molecule has 2 aromatic carbocycles. The van der Waals surface area contributed by atoms with E-state index in [-0.39, 0.29) is 11.9 Å². The molecule has 9 heteroatoms. The first-order valence-electron chi connectivity index (χ1n) is 14.8. The molecule has 1 amide bonds. The van der Waals surface area contributed by atoms with Crippen LogP contribution in [0.3, 0.4) is 0 Å². The first-order valence-corrected chi connectivity index (χ1v) is 15.2. The molecule has 0 bridgehead atoms. The largest absolute Gasteiger partial charge is 0.385 e. The van der Waals surface area contributed by atoms with E-state index in [9.17, 15) is 9.90 Å². The lowest BCUT2D eigenvalue weighted by Gasteiger charge is -2.39. The third-order valence-corrected chi connectivity index (χ3v) is 9.12. The third-order valence-electron chi connectivity index (χ3n) is 8.87. The number of aliphatic hydroxyl groups is 1. The predicted octanol–water partition coefficient (Wildman–Crippen LogP) is 5.83. The Hall–Kier alpha value is -4.27. The molecule has 0 aliphatic carbocycles. The number of aromatic nitrogens is 4. The summed E-state index contributed by atoms with van der Waals surface area (Å²) in [6.45, 7) is 2.17. The van der Waals surface area contributed by atoms with E-state index in [1.165, 1.54) is 0 Å². The quantitative estimate of drug-likeness (QED) is 0.267. The summed E-state index contributed by atoms with van der Waals surface area (Å²) < 4.78 is 1.83. The minimum Gasteiger partial charge on any atom is -0.385 e. The number of nitrogens with zero attached hydrogens (tertiary/aromatic N) is 6. The molecule has 43 heavy (non-hydrogen) atoms. The van der Waals surface area contributed by atoms with E-state index in [1.807, 2.05) is 82.3 Å². The van der Waals surface area contributed by atoms with Crippen molar-refractivity contribution in [3.63, 3.8) is 0 Å². The highest BCUT2D eigenvalue weighted by Gasteiger charge is 2.35. The fraction of sp³-hybridized carbons (Fsp3) is 0.294. The number of halogens is 1. The zero-order valence-corrected chi connectivity index (χ0v) is 24.6. The number of fused-ring (bicyclic) bond motifs is 1. The van der Waals surface area contributed by atoms with Crippen molar-refractivity contribution < 1.29 is 9.90 Å². The standard InChI is InChI=1S/C34H33ClN6O2/c35-28-11-9-27(10-12-28)34(43)15-21-39(22-16-34)30-4-2-20-41-32(30)37-31(38-41)23-24-5-7-26(8-6-24)33(42)40-19-1-3-29(40)25-13-17-36-18-14-25/h2,4-14,17-18,20,29,43H,1,3,15-16,19,21-23H2. The van der Waals surface area contributed by atoms with Crippen molar-refractivity contribution in [1.29, 1.82) is 0 Å². The third kappa shape index (κ3) is 5.48. The van der Waals surface area contributed by atoms with Gasteiger partial charge in [0.1, 0.15) is 0 Å². The first kappa shape index (κ1) is 27.6. The molecule has 2 fully saturated rings. The van der Waals surface area contributed by atoms with E-state index in [4.69, 9.17) is 21.7 Å². The number of anilines is 1. The second-order valence-corrected chi connectivity index (χ2v) is 12.0. The van der Waals surface area contributed by atoms with E-state index < -0.39 is 5.60 Å². The van der Waals surface area contributed by atoms with Gasteiger partial charge in [-0.25, -0.2) is 9.50 Å². The molecule has 1 unspecified atom stereocenters. The minimum absolute atomic E-state index is 0.0610. The van der Waals surface area contributed by atoms with Crippen LogP contribution in [-0.2, 0) is 12.0 Å². The summed E-state index contributed by atoms with van der Waals surface area (Å²) in [5, 5.41) is 16.7. The van der Waals surface area contributed by atoms with Gasteiger partial charge in [-0.3, -0.25) is 9.78 Å². The summed E-state index contributed by atoms with van der Waals surface area (Å²) in [6.07, 6.45) is 9.25. The van der Waals surface area contributed by atoms with Gasteiger partial charge in [0.2, 0.25) is 0 Å². The summed E-state index contributed by atoms with van der Waals surface area (Å²) in [5.74, 6) is 0.782. The Kier molecular flexibility index (Phi) is 7.33. The van der Waals surface area contributed by atoms with Crippen molar-refractivity contribution in [2.75, 3.05) is 24.5 Å². The number of pyridine rings is 2. The Labute approximate surface area is 255 Å². The van der Waals surface area contributed by atoms with Gasteiger partial charge in [-0.1, -0.05) is 35.9 Å². The number of piperidine rings is 1. The van der Waals surface area contributed by atoms with Crippen LogP contribution in [0.5, 0.6) is 0 Å². The fourth-order valence-electron chi connectivity index (χ4n) is 6.48. The summed E-state index contributed by atoms with van der Waals surface area (Å²) in [6, 6.07) is 23.5. The molecule has 3 aromatic heterocycles. The SMILES string of the molecule is O=C(c1ccc(Cc2nc3c(N4CCC(O)(c5ccc(Cl)cc5)CC4)cccn3n2)cc1)N1CCCC1c1ccncc1. The number of hydrogen-bond donors (Lipinski definition) is 1. The maximum absolute atomic E-state index is 13.4. The van der Waals surface area contributed by atoms with Crippen LogP contribution in [0.25, 0.3) is 5.65 Å². The monoisotopic (exact) mass is 592 g/mol. The molecule has 0 saturated carbocycles. The van der Waals surface area contributed by atoms with E-state index in [0.717, 1.165) is 53.2 Å². The van der Waals surface area contributed by atoms with Crippen molar-refractivity contribution in [3.8, 4) is 0 Å². The maximum Gasteiger partial charge on any atom is 0.254 e. The summed E-state index contributed by atoms with van der Waals surface area (Å²) >= 11 is 6.05. The van der Waals surface area contributed by atoms with Gasteiger partial charge in [0, 0.05) is 55.2 Å². The van der Waals surface area contributed by atoms with Gasteiger partial charge in [-0.15, -0.1) is 0 Å². The molecule has 7 rings (SSSR count). The molecule has 1 N–H and O–H groups in total. The van der Waals surface area contributed by atoms with Crippen LogP contribution in [-0.4, -0.2) is 55.1 Å². The smallest absolute Gasteiger partial charge is 0.254 e. The molecule has 2 aliphatic rings. The molecular formula is C34H33ClN6O2. The maximum atomic E-state index is 13.4. The predicted molar refractivity (Wildman–Crippen MR) is 166 cm³/mol. The Morgan fingerprint density at radius 2 is 1.70 bits per heavy atom. The van der Waals surface area contributed by atoms with Crippen LogP contribution >= 0.6 is 11.6 Å². The van der Waals surface area contributed by atoms with Gasteiger partial charge in [0.25, 0.3) is 5.91 Å². The number of hydrogen-bond acceptors (Lipinski definition) is 6. The minimum atomic E-state index is -0.868. The number of benzene rings is 2. The fourth-order valence-corrected chi connectivity index (χ4v) is 6.61. The zero-order valence-electron chi connectivity index (χ0n) is 23.8. The normalized spacial score (nSPS) is 18.3. The van der Waals surface area contributed by atoms with E-state index in [1.54, 1.807) is 12.4 Å². The molecule has 0 radical (unpaired) electrons. The topological polar surface area (TPSA) is 86.9 Å². The number of carbonyl (C=O) groups excluding carboxylic acids is 1. The Morgan fingerprint density at radius 1 is 0.953 bits per heavy atom. The van der Waals surface area contributed by atoms with Gasteiger partial charge in [0.05, 0.1) is 17.3 Å². The van der Waals surface area contributed by atoms with Gasteiger partial charge in [-0.2, -0.15) is 5.10 Å². The van der Waals surface area contributed by atoms with Gasteiger partial charge in [-0.05, 0) is 90.9 Å². The van der Waals surface area contributed by atoms with Crippen molar-refractivity contribution in [2.24, 2.45) is 0 Å². The highest BCUT2D eigenvalue weighted by Crippen LogP contribution is 2.36. The van der Waals surface area contributed by atoms with Crippen LogP contribution in [0.1, 0.15) is 64.6 Å². The van der Waals surface area contributed by atoms with Crippen LogP contribution < -0.4 is 4.90 Å². The van der Waals surface area contributed by atoms with Crippen LogP contribution in [0.2, 0.25) is 5.02 Å². The van der Waals surface area contributed by atoms with Crippen molar-refractivity contribution in [3.05, 3.63) is 124 Å². The Balaban J connectivity index is 1.04. The van der Waals surface area contributed by atoms with Crippen LogP contribution in [0.15, 0.2) is 91.4 Å². The van der Waals surface area contributed by atoms with Gasteiger partial charge in [0.15, 0.2) is 11.5 Å². The number of rotatable bonds is 6. The van der Waals surface area contributed by atoms with Gasteiger partial charge >= 0.3 is 0 Å². The number of likely N-dealkylation sites (tertiary alicyclic amines) is 1. The summed E-state index contributed by atoms with van der Waals surface area (Å²) in [5.41, 5.74) is 4.73. The van der Waals surface area contributed by atoms with Gasteiger partial charge < -0.3 is 14.9 Å². The molecule has 8 nitrogen and oxygen atoms in total.